The molecule has 1 aliphatic rings. The number of nitrogens with zero attached hydrogens (tertiary/aromatic N) is 7. The van der Waals surface area contributed by atoms with Crippen molar-refractivity contribution < 1.29 is 4.74 Å². The Morgan fingerprint density at radius 2 is 2.00 bits per heavy atom. The minimum Gasteiger partial charge on any atom is -0.383 e. The third-order valence-corrected chi connectivity index (χ3v) is 5.60. The summed E-state index contributed by atoms with van der Waals surface area (Å²) in [7, 11) is 1.64. The third-order valence-electron chi connectivity index (χ3n) is 5.60. The van der Waals surface area contributed by atoms with Crippen molar-refractivity contribution in [3.8, 4) is 5.82 Å². The largest absolute Gasteiger partial charge is 0.383 e. The predicted molar refractivity (Wildman–Crippen MR) is 116 cm³/mol. The molecule has 0 N–H and O–H groups in total. The van der Waals surface area contributed by atoms with Crippen molar-refractivity contribution in [3.63, 3.8) is 0 Å². The van der Waals surface area contributed by atoms with Gasteiger partial charge in [-0.05, 0) is 31.0 Å². The summed E-state index contributed by atoms with van der Waals surface area (Å²) >= 11 is 0. The van der Waals surface area contributed by atoms with Gasteiger partial charge in [0.1, 0.15) is 11.6 Å². The van der Waals surface area contributed by atoms with Crippen LogP contribution in [0.5, 0.6) is 0 Å². The molecule has 3 aromatic heterocycles. The molecule has 4 heterocycles. The van der Waals surface area contributed by atoms with Gasteiger partial charge in [-0.15, -0.1) is 0 Å². The maximum absolute atomic E-state index is 13.3. The highest BCUT2D eigenvalue weighted by Crippen LogP contribution is 2.34. The van der Waals surface area contributed by atoms with Crippen LogP contribution in [0.1, 0.15) is 24.7 Å². The lowest BCUT2D eigenvalue weighted by molar-refractivity contribution is 0.184. The zero-order valence-corrected chi connectivity index (χ0v) is 17.3. The second kappa shape index (κ2) is 8.27. The Kier molecular flexibility index (Phi) is 5.17. The number of rotatable bonds is 6. The summed E-state index contributed by atoms with van der Waals surface area (Å²) in [5.74, 6) is 2.14. The number of anilines is 1. The van der Waals surface area contributed by atoms with E-state index in [-0.39, 0.29) is 11.6 Å². The van der Waals surface area contributed by atoms with E-state index in [0.29, 0.717) is 29.9 Å². The zero-order chi connectivity index (χ0) is 21.2. The van der Waals surface area contributed by atoms with Crippen LogP contribution in [0.15, 0.2) is 59.9 Å². The van der Waals surface area contributed by atoms with E-state index in [1.165, 1.54) is 0 Å². The fourth-order valence-corrected chi connectivity index (χ4v) is 4.15. The van der Waals surface area contributed by atoms with E-state index in [2.05, 4.69) is 15.0 Å². The number of fused-ring (bicyclic) bond motifs is 1. The number of aromatic nitrogens is 6. The molecule has 0 bridgehead atoms. The first kappa shape index (κ1) is 19.4. The monoisotopic (exact) mass is 417 g/mol. The van der Waals surface area contributed by atoms with Crippen molar-refractivity contribution in [1.82, 2.24) is 29.3 Å². The Hall–Kier alpha value is -3.59. The van der Waals surface area contributed by atoms with Crippen LogP contribution in [0.2, 0.25) is 0 Å². The van der Waals surface area contributed by atoms with Gasteiger partial charge in [-0.25, -0.2) is 14.6 Å². The molecule has 1 atom stereocenters. The van der Waals surface area contributed by atoms with Crippen molar-refractivity contribution in [2.45, 2.75) is 25.4 Å². The summed E-state index contributed by atoms with van der Waals surface area (Å²) in [4.78, 5) is 29.5. The van der Waals surface area contributed by atoms with E-state index < -0.39 is 0 Å². The lowest BCUT2D eigenvalue weighted by Crippen LogP contribution is -2.33. The van der Waals surface area contributed by atoms with Gasteiger partial charge in [-0.3, -0.25) is 14.3 Å². The van der Waals surface area contributed by atoms with Gasteiger partial charge >= 0.3 is 0 Å². The van der Waals surface area contributed by atoms with Crippen LogP contribution in [-0.2, 0) is 11.3 Å². The summed E-state index contributed by atoms with van der Waals surface area (Å²) in [6.07, 6.45) is 8.84. The van der Waals surface area contributed by atoms with Crippen molar-refractivity contribution in [3.05, 3.63) is 71.3 Å². The Morgan fingerprint density at radius 1 is 1.13 bits per heavy atom. The van der Waals surface area contributed by atoms with E-state index in [0.717, 1.165) is 31.0 Å². The van der Waals surface area contributed by atoms with Crippen molar-refractivity contribution in [2.75, 3.05) is 25.2 Å². The van der Waals surface area contributed by atoms with Crippen LogP contribution in [0.3, 0.4) is 0 Å². The second-order valence-electron chi connectivity index (χ2n) is 7.47. The van der Waals surface area contributed by atoms with Crippen LogP contribution in [0, 0.1) is 0 Å². The summed E-state index contributed by atoms with van der Waals surface area (Å²) < 4.78 is 8.70. The molecule has 1 aromatic carbocycles. The minimum absolute atomic E-state index is 0.0409. The Labute approximate surface area is 179 Å². The van der Waals surface area contributed by atoms with E-state index in [1.54, 1.807) is 34.9 Å². The molecule has 0 amide bonds. The maximum Gasteiger partial charge on any atom is 0.261 e. The number of hydrogen-bond donors (Lipinski definition) is 0. The summed E-state index contributed by atoms with van der Waals surface area (Å²) in [5, 5.41) is 4.87. The van der Waals surface area contributed by atoms with Crippen molar-refractivity contribution in [2.24, 2.45) is 0 Å². The molecule has 158 valence electrons. The van der Waals surface area contributed by atoms with Gasteiger partial charge in [0.15, 0.2) is 5.82 Å². The molecule has 0 radical (unpaired) electrons. The summed E-state index contributed by atoms with van der Waals surface area (Å²) in [6.45, 7) is 1.70. The van der Waals surface area contributed by atoms with Gasteiger partial charge in [0.05, 0.1) is 42.5 Å². The van der Waals surface area contributed by atoms with Gasteiger partial charge in [0, 0.05) is 26.0 Å². The van der Waals surface area contributed by atoms with Crippen LogP contribution < -0.4 is 10.5 Å². The van der Waals surface area contributed by atoms with Gasteiger partial charge in [0.25, 0.3) is 5.56 Å². The van der Waals surface area contributed by atoms with Crippen molar-refractivity contribution in [1.29, 1.82) is 0 Å². The smallest absolute Gasteiger partial charge is 0.261 e. The Morgan fingerprint density at radius 3 is 2.84 bits per heavy atom. The molecule has 31 heavy (non-hydrogen) atoms. The first-order valence-electron chi connectivity index (χ1n) is 10.3. The maximum atomic E-state index is 13.3. The fraction of sp³-hybridized carbons (Fsp3) is 0.318. The van der Waals surface area contributed by atoms with Gasteiger partial charge in [-0.1, -0.05) is 12.1 Å². The van der Waals surface area contributed by atoms with Gasteiger partial charge < -0.3 is 9.64 Å². The number of methoxy groups -OCH3 is 1. The van der Waals surface area contributed by atoms with E-state index in [9.17, 15) is 4.79 Å². The molecule has 1 unspecified atom stereocenters. The summed E-state index contributed by atoms with van der Waals surface area (Å²) in [5.41, 5.74) is 0.667. The van der Waals surface area contributed by atoms with E-state index in [1.807, 2.05) is 36.5 Å². The highest BCUT2D eigenvalue weighted by atomic mass is 16.5. The average molecular weight is 417 g/mol. The highest BCUT2D eigenvalue weighted by molar-refractivity contribution is 5.77. The number of ether oxygens (including phenoxy) is 1. The average Bonchev–Trinajstić information content (AvgIpc) is 3.51. The number of hydrogen-bond acceptors (Lipinski definition) is 7. The quantitative estimate of drug-likeness (QED) is 0.476. The number of para-hydroxylation sites is 1. The van der Waals surface area contributed by atoms with Gasteiger partial charge in [0.2, 0.25) is 0 Å². The normalized spacial score (nSPS) is 16.3. The van der Waals surface area contributed by atoms with Crippen LogP contribution >= 0.6 is 0 Å². The second-order valence-corrected chi connectivity index (χ2v) is 7.47. The molecule has 0 spiro atoms. The topological polar surface area (TPSA) is 91.0 Å². The molecule has 1 fully saturated rings. The van der Waals surface area contributed by atoms with Gasteiger partial charge in [-0.2, -0.15) is 5.10 Å². The molecule has 0 saturated carbocycles. The highest BCUT2D eigenvalue weighted by Gasteiger charge is 2.31. The lowest BCUT2D eigenvalue weighted by Gasteiger charge is -2.27. The molecule has 1 aliphatic heterocycles. The van der Waals surface area contributed by atoms with E-state index >= 15 is 0 Å². The Bertz CT molecular complexity index is 1250. The zero-order valence-electron chi connectivity index (χ0n) is 17.3. The molecule has 0 aliphatic carbocycles. The summed E-state index contributed by atoms with van der Waals surface area (Å²) in [6, 6.07) is 9.26. The molecule has 1 saturated heterocycles. The third kappa shape index (κ3) is 3.57. The minimum atomic E-state index is -0.0728. The van der Waals surface area contributed by atoms with E-state index in [4.69, 9.17) is 14.7 Å². The van der Waals surface area contributed by atoms with Crippen LogP contribution in [0.4, 0.5) is 5.82 Å². The molecular formula is C22H23N7O2. The van der Waals surface area contributed by atoms with Crippen LogP contribution in [0.25, 0.3) is 16.7 Å². The first-order valence-corrected chi connectivity index (χ1v) is 10.3. The standard InChI is InChI=1S/C22H23N7O2/c1-31-13-12-28-21(25-17-7-3-2-6-16(17)22(28)30)18-8-4-10-27(18)19-14-23-15-20(26-19)29-11-5-9-24-29/h2-3,5-7,9,11,14-15,18H,4,8,10,12-13H2,1H3. The molecule has 9 heteroatoms. The molecule has 4 aromatic rings. The number of benzene rings is 1. The predicted octanol–water partition coefficient (Wildman–Crippen LogP) is 2.36. The SMILES string of the molecule is COCCn1c(C2CCCN2c2cncc(-n3cccn3)n2)nc2ccccc2c1=O. The van der Waals surface area contributed by atoms with Crippen molar-refractivity contribution >= 4 is 16.7 Å². The Balaban J connectivity index is 1.59. The lowest BCUT2D eigenvalue weighted by atomic mass is 10.1. The first-order chi connectivity index (χ1) is 15.3. The van der Waals surface area contributed by atoms with Crippen LogP contribution in [-0.4, -0.2) is 49.6 Å². The fourth-order valence-electron chi connectivity index (χ4n) is 4.15. The molecule has 5 rings (SSSR count). The molecule has 9 nitrogen and oxygen atoms in total. The molecular weight excluding hydrogens is 394 g/mol.